The molecular weight excluding hydrogens is 256 g/mol. The Kier molecular flexibility index (Phi) is 4.24. The Hall–Kier alpha value is -0.660. The number of nitrogens with zero attached hydrogens (tertiary/aromatic N) is 1. The number of nitrogens with one attached hydrogen (secondary N) is 1. The van der Waals surface area contributed by atoms with Crippen LogP contribution in [0.15, 0.2) is 0 Å². The van der Waals surface area contributed by atoms with Crippen molar-refractivity contribution in [3.63, 3.8) is 0 Å². The van der Waals surface area contributed by atoms with Crippen LogP contribution in [0.4, 0.5) is 0 Å². The highest BCUT2D eigenvalue weighted by atomic mass is 32.2. The zero-order chi connectivity index (χ0) is 13.2. The molecule has 0 saturated carbocycles. The van der Waals surface area contributed by atoms with E-state index in [2.05, 4.69) is 10.2 Å². The first-order chi connectivity index (χ1) is 8.52. The quantitative estimate of drug-likeness (QED) is 0.716. The molecule has 2 heterocycles. The van der Waals surface area contributed by atoms with Crippen molar-refractivity contribution in [3.8, 4) is 0 Å². The van der Waals surface area contributed by atoms with Crippen molar-refractivity contribution in [3.05, 3.63) is 0 Å². The maximum Gasteiger partial charge on any atom is 0.220 e. The number of hydrogen-bond donors (Lipinski definition) is 1. The highest BCUT2D eigenvalue weighted by Gasteiger charge is 2.41. The van der Waals surface area contributed by atoms with Gasteiger partial charge in [-0.05, 0) is 0 Å². The predicted octanol–water partition coefficient (Wildman–Crippen LogP) is -0.990. The Morgan fingerprint density at radius 2 is 2.00 bits per heavy atom. The van der Waals surface area contributed by atoms with Crippen LogP contribution in [0.5, 0.6) is 0 Å². The summed E-state index contributed by atoms with van der Waals surface area (Å²) in [6.45, 7) is 4.50. The summed E-state index contributed by atoms with van der Waals surface area (Å²) in [5.41, 5.74) is 0. The molecule has 0 aromatic heterocycles. The maximum absolute atomic E-state index is 11.8. The molecule has 0 radical (unpaired) electrons. The smallest absolute Gasteiger partial charge is 0.220 e. The van der Waals surface area contributed by atoms with E-state index >= 15 is 0 Å². The molecule has 2 rings (SSSR count). The minimum atomic E-state index is -3.05. The normalized spacial score (nSPS) is 32.3. The predicted molar refractivity (Wildman–Crippen MR) is 67.1 cm³/mol. The summed E-state index contributed by atoms with van der Waals surface area (Å²) in [4.78, 5) is 13.6. The van der Waals surface area contributed by atoms with Gasteiger partial charge in [0.15, 0.2) is 9.84 Å². The van der Waals surface area contributed by atoms with Crippen molar-refractivity contribution in [1.82, 2.24) is 10.2 Å². The molecule has 1 amide bonds. The fourth-order valence-electron chi connectivity index (χ4n) is 2.54. The zero-order valence-electron chi connectivity index (χ0n) is 10.6. The summed E-state index contributed by atoms with van der Waals surface area (Å²) in [6.07, 6.45) is 0.381. The Labute approximate surface area is 108 Å². The van der Waals surface area contributed by atoms with Crippen molar-refractivity contribution in [2.75, 3.05) is 37.8 Å². The molecule has 2 saturated heterocycles. The summed E-state index contributed by atoms with van der Waals surface area (Å²) in [5.74, 6) is 0.109. The van der Waals surface area contributed by atoms with Crippen LogP contribution >= 0.6 is 0 Å². The van der Waals surface area contributed by atoms with Gasteiger partial charge in [-0.1, -0.05) is 6.92 Å². The lowest BCUT2D eigenvalue weighted by Gasteiger charge is -2.34. The summed E-state index contributed by atoms with van der Waals surface area (Å²) in [5, 5.41) is 2.83. The van der Waals surface area contributed by atoms with Gasteiger partial charge in [-0.2, -0.15) is 0 Å². The number of carbonyl (C=O) groups is 1. The SMILES string of the molecule is CCC(=O)N[C@@H]1CS(=O)(=O)C[C@@H]1N1CCOCC1. The molecule has 0 spiro atoms. The second-order valence-electron chi connectivity index (χ2n) is 4.82. The third-order valence-corrected chi connectivity index (χ3v) is 5.22. The summed E-state index contributed by atoms with van der Waals surface area (Å²) in [7, 11) is -3.05. The average Bonchev–Trinajstić information content (AvgIpc) is 2.65. The largest absolute Gasteiger partial charge is 0.379 e. The number of hydrogen-bond acceptors (Lipinski definition) is 5. The van der Waals surface area contributed by atoms with Gasteiger partial charge in [-0.25, -0.2) is 8.42 Å². The van der Waals surface area contributed by atoms with Crippen molar-refractivity contribution in [1.29, 1.82) is 0 Å². The first-order valence-corrected chi connectivity index (χ1v) is 8.15. The minimum Gasteiger partial charge on any atom is -0.379 e. The monoisotopic (exact) mass is 276 g/mol. The lowest BCUT2D eigenvalue weighted by molar-refractivity contribution is -0.121. The van der Waals surface area contributed by atoms with Gasteiger partial charge in [0.2, 0.25) is 5.91 Å². The lowest BCUT2D eigenvalue weighted by atomic mass is 10.1. The summed E-state index contributed by atoms with van der Waals surface area (Å²) in [6, 6.07) is -0.380. The number of morpholine rings is 1. The van der Waals surface area contributed by atoms with Crippen molar-refractivity contribution < 1.29 is 17.9 Å². The fourth-order valence-corrected chi connectivity index (χ4v) is 4.50. The number of amides is 1. The highest BCUT2D eigenvalue weighted by Crippen LogP contribution is 2.19. The number of ether oxygens (including phenoxy) is 1. The van der Waals surface area contributed by atoms with Gasteiger partial charge in [-0.15, -0.1) is 0 Å². The minimum absolute atomic E-state index is 0.0563. The van der Waals surface area contributed by atoms with Crippen LogP contribution in [0.1, 0.15) is 13.3 Å². The third-order valence-electron chi connectivity index (χ3n) is 3.50. The molecular formula is C11H20N2O4S. The van der Waals surface area contributed by atoms with Crippen LogP contribution in [0.25, 0.3) is 0 Å². The Morgan fingerprint density at radius 1 is 1.33 bits per heavy atom. The standard InChI is InChI=1S/C11H20N2O4S/c1-2-11(14)12-9-7-18(15,16)8-10(9)13-3-5-17-6-4-13/h9-10H,2-8H2,1H3,(H,12,14)/t9-,10+/m1/s1. The van der Waals surface area contributed by atoms with Gasteiger partial charge >= 0.3 is 0 Å². The zero-order valence-corrected chi connectivity index (χ0v) is 11.4. The van der Waals surface area contributed by atoms with Crippen LogP contribution in [-0.4, -0.2) is 69.1 Å². The van der Waals surface area contributed by atoms with E-state index in [4.69, 9.17) is 4.74 Å². The summed E-state index contributed by atoms with van der Waals surface area (Å²) >= 11 is 0. The molecule has 2 aliphatic rings. The molecule has 104 valence electrons. The second-order valence-corrected chi connectivity index (χ2v) is 6.97. The Balaban J connectivity index is 2.07. The van der Waals surface area contributed by atoms with E-state index in [9.17, 15) is 13.2 Å². The molecule has 6 nitrogen and oxygen atoms in total. The molecule has 0 aromatic rings. The topological polar surface area (TPSA) is 75.7 Å². The second kappa shape index (κ2) is 5.54. The van der Waals surface area contributed by atoms with E-state index in [0.29, 0.717) is 19.6 Å². The first-order valence-electron chi connectivity index (χ1n) is 6.33. The van der Waals surface area contributed by atoms with Gasteiger partial charge in [0, 0.05) is 25.6 Å². The molecule has 2 aliphatic heterocycles. The van der Waals surface area contributed by atoms with E-state index in [1.165, 1.54) is 0 Å². The van der Waals surface area contributed by atoms with Crippen LogP contribution < -0.4 is 5.32 Å². The molecule has 0 aliphatic carbocycles. The van der Waals surface area contributed by atoms with Gasteiger partial charge < -0.3 is 10.1 Å². The van der Waals surface area contributed by atoms with Crippen molar-refractivity contribution in [2.45, 2.75) is 25.4 Å². The molecule has 0 bridgehead atoms. The molecule has 7 heteroatoms. The first kappa shape index (κ1) is 13.8. The summed E-state index contributed by atoms with van der Waals surface area (Å²) < 4.78 is 28.8. The fraction of sp³-hybridized carbons (Fsp3) is 0.909. The van der Waals surface area contributed by atoms with Gasteiger partial charge in [0.25, 0.3) is 0 Å². The maximum atomic E-state index is 11.8. The van der Waals surface area contributed by atoms with Crippen molar-refractivity contribution in [2.24, 2.45) is 0 Å². The van der Waals surface area contributed by atoms with Gasteiger partial charge in [0.1, 0.15) is 0 Å². The molecule has 2 atom stereocenters. The molecule has 18 heavy (non-hydrogen) atoms. The van der Waals surface area contributed by atoms with E-state index < -0.39 is 9.84 Å². The molecule has 0 unspecified atom stereocenters. The highest BCUT2D eigenvalue weighted by molar-refractivity contribution is 7.91. The van der Waals surface area contributed by atoms with Crippen LogP contribution in [0.2, 0.25) is 0 Å². The number of carbonyl (C=O) groups excluding carboxylic acids is 1. The molecule has 1 N–H and O–H groups in total. The van der Waals surface area contributed by atoms with E-state index in [1.54, 1.807) is 6.92 Å². The van der Waals surface area contributed by atoms with Gasteiger partial charge in [0.05, 0.1) is 30.8 Å². The number of rotatable bonds is 3. The third kappa shape index (κ3) is 3.21. The van der Waals surface area contributed by atoms with Crippen LogP contribution in [0.3, 0.4) is 0 Å². The van der Waals surface area contributed by atoms with E-state index in [0.717, 1.165) is 13.1 Å². The van der Waals surface area contributed by atoms with E-state index in [-0.39, 0.29) is 29.5 Å². The van der Waals surface area contributed by atoms with Crippen molar-refractivity contribution >= 4 is 15.7 Å². The van der Waals surface area contributed by atoms with Crippen LogP contribution in [-0.2, 0) is 19.4 Å². The van der Waals surface area contributed by atoms with Gasteiger partial charge in [-0.3, -0.25) is 9.69 Å². The van der Waals surface area contributed by atoms with E-state index in [1.807, 2.05) is 0 Å². The Morgan fingerprint density at radius 3 is 2.61 bits per heavy atom. The average molecular weight is 276 g/mol. The number of sulfone groups is 1. The lowest BCUT2D eigenvalue weighted by Crippen LogP contribution is -2.54. The Bertz CT molecular complexity index is 403. The molecule has 2 fully saturated rings. The molecule has 0 aromatic carbocycles. The van der Waals surface area contributed by atoms with Crippen LogP contribution in [0, 0.1) is 0 Å².